The van der Waals surface area contributed by atoms with Crippen LogP contribution in [0.1, 0.15) is 52.4 Å². The van der Waals surface area contributed by atoms with Crippen LogP contribution in [0.2, 0.25) is 5.02 Å². The fourth-order valence-electron chi connectivity index (χ4n) is 2.16. The number of halogens is 1. The van der Waals surface area contributed by atoms with Crippen LogP contribution in [0.5, 0.6) is 0 Å². The summed E-state index contributed by atoms with van der Waals surface area (Å²) in [6.07, 6.45) is 6.80. The van der Waals surface area contributed by atoms with Crippen LogP contribution in [0.15, 0.2) is 24.3 Å². The number of nitrogens with zero attached hydrogens (tertiary/aromatic N) is 1. The molecule has 0 radical (unpaired) electrons. The third-order valence-electron chi connectivity index (χ3n) is 3.45. The van der Waals surface area contributed by atoms with Crippen molar-refractivity contribution in [2.75, 3.05) is 18.4 Å². The quantitative estimate of drug-likeness (QED) is 0.595. The van der Waals surface area contributed by atoms with E-state index >= 15 is 0 Å². The van der Waals surface area contributed by atoms with Crippen molar-refractivity contribution in [1.29, 1.82) is 0 Å². The van der Waals surface area contributed by atoms with E-state index in [0.29, 0.717) is 5.02 Å². The first-order chi connectivity index (χ1) is 10.2. The van der Waals surface area contributed by atoms with Crippen molar-refractivity contribution in [1.82, 2.24) is 4.90 Å². The number of carbonyl (C=O) groups is 1. The number of urea groups is 1. The molecule has 0 spiro atoms. The minimum Gasteiger partial charge on any atom is -0.325 e. The molecule has 1 aromatic rings. The lowest BCUT2D eigenvalue weighted by Gasteiger charge is -2.23. The first-order valence-electron chi connectivity index (χ1n) is 7.98. The minimum atomic E-state index is -0.00970. The normalized spacial score (nSPS) is 10.4. The molecule has 0 unspecified atom stereocenters. The highest BCUT2D eigenvalue weighted by molar-refractivity contribution is 6.30. The van der Waals surface area contributed by atoms with Crippen LogP contribution in [-0.2, 0) is 0 Å². The highest BCUT2D eigenvalue weighted by atomic mass is 35.5. The Labute approximate surface area is 133 Å². The van der Waals surface area contributed by atoms with Gasteiger partial charge in [-0.1, -0.05) is 51.1 Å². The van der Waals surface area contributed by atoms with Crippen LogP contribution in [0.25, 0.3) is 0 Å². The second-order valence-corrected chi connectivity index (χ2v) is 5.77. The van der Waals surface area contributed by atoms with Crippen molar-refractivity contribution in [3.63, 3.8) is 0 Å². The van der Waals surface area contributed by atoms with Gasteiger partial charge in [-0.2, -0.15) is 0 Å². The van der Waals surface area contributed by atoms with E-state index in [1.807, 2.05) is 17.0 Å². The van der Waals surface area contributed by atoms with Crippen LogP contribution < -0.4 is 5.32 Å². The Balaban J connectivity index is 2.53. The van der Waals surface area contributed by atoms with E-state index in [1.165, 1.54) is 25.7 Å². The van der Waals surface area contributed by atoms with Crippen molar-refractivity contribution in [2.24, 2.45) is 0 Å². The predicted molar refractivity (Wildman–Crippen MR) is 91.1 cm³/mol. The fourth-order valence-corrected chi connectivity index (χ4v) is 2.28. The summed E-state index contributed by atoms with van der Waals surface area (Å²) in [5.74, 6) is 0. The number of nitrogens with one attached hydrogen (secondary N) is 1. The Hall–Kier alpha value is -1.22. The van der Waals surface area contributed by atoms with Gasteiger partial charge in [0.05, 0.1) is 0 Å². The highest BCUT2D eigenvalue weighted by Gasteiger charge is 2.12. The Morgan fingerprint density at radius 3 is 2.00 bits per heavy atom. The van der Waals surface area contributed by atoms with E-state index in [0.717, 1.165) is 31.6 Å². The maximum Gasteiger partial charge on any atom is 0.321 e. The van der Waals surface area contributed by atoms with Gasteiger partial charge in [0.15, 0.2) is 0 Å². The first-order valence-corrected chi connectivity index (χ1v) is 8.36. The van der Waals surface area contributed by atoms with E-state index in [9.17, 15) is 4.79 Å². The third kappa shape index (κ3) is 7.37. The lowest BCUT2D eigenvalue weighted by Crippen LogP contribution is -2.36. The van der Waals surface area contributed by atoms with Gasteiger partial charge in [0, 0.05) is 23.8 Å². The monoisotopic (exact) mass is 310 g/mol. The molecule has 0 atom stereocenters. The lowest BCUT2D eigenvalue weighted by molar-refractivity contribution is 0.209. The molecule has 0 aromatic heterocycles. The fraction of sp³-hybridized carbons (Fsp3) is 0.588. The second-order valence-electron chi connectivity index (χ2n) is 5.34. The molecule has 0 aliphatic heterocycles. The zero-order valence-electron chi connectivity index (χ0n) is 13.2. The van der Waals surface area contributed by atoms with E-state index in [4.69, 9.17) is 11.6 Å². The molecule has 0 bridgehead atoms. The third-order valence-corrected chi connectivity index (χ3v) is 3.70. The van der Waals surface area contributed by atoms with Crippen LogP contribution in [0, 0.1) is 0 Å². The van der Waals surface area contributed by atoms with Gasteiger partial charge in [0.25, 0.3) is 0 Å². The molecule has 0 fully saturated rings. The summed E-state index contributed by atoms with van der Waals surface area (Å²) in [7, 11) is 0. The van der Waals surface area contributed by atoms with Crippen LogP contribution in [0.4, 0.5) is 10.5 Å². The van der Waals surface area contributed by atoms with E-state index < -0.39 is 0 Å². The molecule has 1 N–H and O–H groups in total. The zero-order valence-corrected chi connectivity index (χ0v) is 14.0. The van der Waals surface area contributed by atoms with Gasteiger partial charge in [-0.3, -0.25) is 0 Å². The number of anilines is 1. The standard InChI is InChI=1S/C17H27ClN2O/c1-3-5-7-13-20(14-8-6-4-2)17(21)19-16-11-9-15(18)10-12-16/h9-12H,3-8,13-14H2,1-2H3,(H,19,21). The second kappa shape index (κ2) is 10.5. The molecular weight excluding hydrogens is 284 g/mol. The summed E-state index contributed by atoms with van der Waals surface area (Å²) in [6.45, 7) is 6.01. The van der Waals surface area contributed by atoms with Gasteiger partial charge in [-0.05, 0) is 37.1 Å². The van der Waals surface area contributed by atoms with Gasteiger partial charge in [-0.15, -0.1) is 0 Å². The Bertz CT molecular complexity index is 396. The lowest BCUT2D eigenvalue weighted by atomic mass is 10.2. The average molecular weight is 311 g/mol. The van der Waals surface area contributed by atoms with E-state index in [2.05, 4.69) is 19.2 Å². The van der Waals surface area contributed by atoms with Gasteiger partial charge in [0.2, 0.25) is 0 Å². The number of benzene rings is 1. The predicted octanol–water partition coefficient (Wildman–Crippen LogP) is 5.55. The molecule has 0 saturated heterocycles. The topological polar surface area (TPSA) is 32.3 Å². The smallest absolute Gasteiger partial charge is 0.321 e. The van der Waals surface area contributed by atoms with Gasteiger partial charge < -0.3 is 10.2 Å². The molecule has 0 aliphatic rings. The molecule has 0 saturated carbocycles. The SMILES string of the molecule is CCCCCN(CCCCC)C(=O)Nc1ccc(Cl)cc1. The van der Waals surface area contributed by atoms with E-state index in [-0.39, 0.29) is 6.03 Å². The van der Waals surface area contributed by atoms with Crippen molar-refractivity contribution in [3.05, 3.63) is 29.3 Å². The van der Waals surface area contributed by atoms with Gasteiger partial charge >= 0.3 is 6.03 Å². The van der Waals surface area contributed by atoms with Crippen molar-refractivity contribution in [3.8, 4) is 0 Å². The summed E-state index contributed by atoms with van der Waals surface area (Å²) in [5.41, 5.74) is 0.792. The molecular formula is C17H27ClN2O. The Morgan fingerprint density at radius 1 is 1.00 bits per heavy atom. The van der Waals surface area contributed by atoms with Crippen molar-refractivity contribution >= 4 is 23.3 Å². The largest absolute Gasteiger partial charge is 0.325 e. The molecule has 1 rings (SSSR count). The summed E-state index contributed by atoms with van der Waals surface area (Å²) < 4.78 is 0. The summed E-state index contributed by atoms with van der Waals surface area (Å²) in [5, 5.41) is 3.63. The summed E-state index contributed by atoms with van der Waals surface area (Å²) >= 11 is 5.86. The van der Waals surface area contributed by atoms with Gasteiger partial charge in [-0.25, -0.2) is 4.79 Å². The number of rotatable bonds is 9. The molecule has 0 aliphatic carbocycles. The maximum absolute atomic E-state index is 12.4. The zero-order chi connectivity index (χ0) is 15.5. The van der Waals surface area contributed by atoms with Crippen LogP contribution >= 0.6 is 11.6 Å². The molecule has 21 heavy (non-hydrogen) atoms. The number of amides is 2. The Kier molecular flexibility index (Phi) is 8.91. The maximum atomic E-state index is 12.4. The average Bonchev–Trinajstić information content (AvgIpc) is 2.48. The first kappa shape index (κ1) is 17.8. The number of carbonyl (C=O) groups excluding carboxylic acids is 1. The molecule has 1 aromatic carbocycles. The van der Waals surface area contributed by atoms with Gasteiger partial charge in [0.1, 0.15) is 0 Å². The summed E-state index contributed by atoms with van der Waals surface area (Å²) in [6, 6.07) is 7.22. The number of hydrogen-bond donors (Lipinski definition) is 1. The Morgan fingerprint density at radius 2 is 1.52 bits per heavy atom. The molecule has 2 amide bonds. The number of hydrogen-bond acceptors (Lipinski definition) is 1. The van der Waals surface area contributed by atoms with Crippen molar-refractivity contribution < 1.29 is 4.79 Å². The molecule has 0 heterocycles. The van der Waals surface area contributed by atoms with E-state index in [1.54, 1.807) is 12.1 Å². The highest BCUT2D eigenvalue weighted by Crippen LogP contribution is 2.14. The minimum absolute atomic E-state index is 0.00970. The molecule has 3 nitrogen and oxygen atoms in total. The van der Waals surface area contributed by atoms with Crippen LogP contribution in [0.3, 0.4) is 0 Å². The number of unbranched alkanes of at least 4 members (excludes halogenated alkanes) is 4. The molecule has 4 heteroatoms. The molecule has 118 valence electrons. The van der Waals surface area contributed by atoms with Crippen LogP contribution in [-0.4, -0.2) is 24.0 Å². The summed E-state index contributed by atoms with van der Waals surface area (Å²) in [4.78, 5) is 14.3. The van der Waals surface area contributed by atoms with Crippen molar-refractivity contribution in [2.45, 2.75) is 52.4 Å².